The quantitative estimate of drug-likeness (QED) is 0.730. The number of methoxy groups -OCH3 is 1. The Hall–Kier alpha value is -2.21. The lowest BCUT2D eigenvalue weighted by Gasteiger charge is -2.13. The summed E-state index contributed by atoms with van der Waals surface area (Å²) in [5, 5.41) is 14.5. The second-order valence-electron chi connectivity index (χ2n) is 5.03. The second-order valence-corrected chi connectivity index (χ2v) is 5.03. The molecule has 6 heteroatoms. The minimum Gasteiger partial charge on any atom is -0.385 e. The molecular weight excluding hydrogens is 278 g/mol. The monoisotopic (exact) mass is 301 g/mol. The van der Waals surface area contributed by atoms with Crippen molar-refractivity contribution in [3.8, 4) is 0 Å². The maximum absolute atomic E-state index is 5.01. The molecule has 0 unspecified atom stereocenters. The third kappa shape index (κ3) is 4.39. The van der Waals surface area contributed by atoms with Gasteiger partial charge >= 0.3 is 0 Å². The highest BCUT2D eigenvalue weighted by Gasteiger charge is 2.06. The Bertz CT molecular complexity index is 603. The number of anilines is 3. The molecule has 118 valence electrons. The zero-order valence-corrected chi connectivity index (χ0v) is 13.4. The number of aryl methyl sites for hydroxylation is 2. The number of hydrogen-bond donors (Lipinski definition) is 2. The first kappa shape index (κ1) is 16.2. The van der Waals surface area contributed by atoms with E-state index in [4.69, 9.17) is 4.74 Å². The zero-order chi connectivity index (χ0) is 15.8. The van der Waals surface area contributed by atoms with Crippen LogP contribution in [0.3, 0.4) is 0 Å². The van der Waals surface area contributed by atoms with Crippen LogP contribution < -0.4 is 10.6 Å². The fraction of sp³-hybridized carbons (Fsp3) is 0.438. The molecule has 0 aliphatic heterocycles. The van der Waals surface area contributed by atoms with Crippen LogP contribution >= 0.6 is 0 Å². The number of aromatic nitrogens is 3. The van der Waals surface area contributed by atoms with Gasteiger partial charge in [-0.05, 0) is 30.9 Å². The van der Waals surface area contributed by atoms with Crippen LogP contribution in [-0.4, -0.2) is 35.4 Å². The molecule has 0 fully saturated rings. The highest BCUT2D eigenvalue weighted by Crippen LogP contribution is 2.24. The molecule has 0 bridgehead atoms. The first-order valence-electron chi connectivity index (χ1n) is 7.52. The largest absolute Gasteiger partial charge is 0.385 e. The molecule has 2 N–H and O–H groups in total. The van der Waals surface area contributed by atoms with Gasteiger partial charge in [-0.3, -0.25) is 0 Å². The first-order chi connectivity index (χ1) is 10.7. The number of hydrogen-bond acceptors (Lipinski definition) is 6. The summed E-state index contributed by atoms with van der Waals surface area (Å²) in [5.41, 5.74) is 3.54. The zero-order valence-electron chi connectivity index (χ0n) is 13.4. The lowest BCUT2D eigenvalue weighted by Crippen LogP contribution is -2.09. The standard InChI is InChI=1S/C16H23N5O/c1-4-13-8-5-7-12(2)15(13)19-14-11-18-21-16(20-14)17-9-6-10-22-3/h5,7-8,11H,4,6,9-10H2,1-3H3,(H2,17,19,20,21). The van der Waals surface area contributed by atoms with Gasteiger partial charge in [0.05, 0.1) is 6.20 Å². The van der Waals surface area contributed by atoms with Gasteiger partial charge in [0, 0.05) is 25.9 Å². The lowest BCUT2D eigenvalue weighted by molar-refractivity contribution is 0.197. The van der Waals surface area contributed by atoms with E-state index in [0.717, 1.165) is 25.1 Å². The molecule has 0 saturated carbocycles. The minimum atomic E-state index is 0.521. The molecule has 0 amide bonds. The second kappa shape index (κ2) is 8.29. The molecule has 2 rings (SSSR count). The summed E-state index contributed by atoms with van der Waals surface area (Å²) in [5.74, 6) is 1.21. The van der Waals surface area contributed by atoms with Crippen LogP contribution in [0.15, 0.2) is 24.4 Å². The van der Waals surface area contributed by atoms with E-state index >= 15 is 0 Å². The molecule has 0 spiro atoms. The molecule has 1 heterocycles. The Morgan fingerprint density at radius 2 is 2.14 bits per heavy atom. The minimum absolute atomic E-state index is 0.521. The van der Waals surface area contributed by atoms with Crippen LogP contribution in [0.25, 0.3) is 0 Å². The maximum atomic E-state index is 5.01. The van der Waals surface area contributed by atoms with Crippen LogP contribution in [0.4, 0.5) is 17.5 Å². The van der Waals surface area contributed by atoms with E-state index in [9.17, 15) is 0 Å². The van der Waals surface area contributed by atoms with E-state index in [1.165, 1.54) is 11.1 Å². The number of nitrogens with one attached hydrogen (secondary N) is 2. The van der Waals surface area contributed by atoms with Gasteiger partial charge in [-0.2, -0.15) is 10.1 Å². The van der Waals surface area contributed by atoms with Crippen LogP contribution in [0.2, 0.25) is 0 Å². The van der Waals surface area contributed by atoms with Gasteiger partial charge in [-0.1, -0.05) is 25.1 Å². The predicted molar refractivity (Wildman–Crippen MR) is 88.6 cm³/mol. The Balaban J connectivity index is 2.07. The summed E-state index contributed by atoms with van der Waals surface area (Å²) >= 11 is 0. The molecule has 2 aromatic rings. The average molecular weight is 301 g/mol. The number of ether oxygens (including phenoxy) is 1. The van der Waals surface area contributed by atoms with Crippen molar-refractivity contribution in [2.75, 3.05) is 30.9 Å². The summed E-state index contributed by atoms with van der Waals surface area (Å²) in [6.07, 6.45) is 3.49. The van der Waals surface area contributed by atoms with Crippen LogP contribution in [0.1, 0.15) is 24.5 Å². The summed E-state index contributed by atoms with van der Waals surface area (Å²) in [6.45, 7) is 5.69. The van der Waals surface area contributed by atoms with Gasteiger partial charge in [-0.25, -0.2) is 0 Å². The SMILES string of the molecule is CCc1cccc(C)c1Nc1cnnc(NCCCOC)n1. The van der Waals surface area contributed by atoms with Gasteiger partial charge in [0.15, 0.2) is 5.82 Å². The van der Waals surface area contributed by atoms with E-state index < -0.39 is 0 Å². The van der Waals surface area contributed by atoms with Crippen LogP contribution in [0, 0.1) is 6.92 Å². The van der Waals surface area contributed by atoms with Crippen molar-refractivity contribution in [1.29, 1.82) is 0 Å². The maximum Gasteiger partial charge on any atom is 0.244 e. The summed E-state index contributed by atoms with van der Waals surface area (Å²) in [4.78, 5) is 4.45. The molecule has 0 atom stereocenters. The smallest absolute Gasteiger partial charge is 0.244 e. The molecule has 6 nitrogen and oxygen atoms in total. The van der Waals surface area contributed by atoms with Gasteiger partial charge in [0.2, 0.25) is 5.95 Å². The molecular formula is C16H23N5O. The number of para-hydroxylation sites is 1. The van der Waals surface area contributed by atoms with Crippen molar-refractivity contribution < 1.29 is 4.74 Å². The summed E-state index contributed by atoms with van der Waals surface area (Å²) in [7, 11) is 1.69. The molecule has 1 aromatic carbocycles. The molecule has 0 radical (unpaired) electrons. The van der Waals surface area contributed by atoms with E-state index in [2.05, 4.69) is 57.9 Å². The van der Waals surface area contributed by atoms with Crippen molar-refractivity contribution in [3.05, 3.63) is 35.5 Å². The van der Waals surface area contributed by atoms with Crippen LogP contribution in [0.5, 0.6) is 0 Å². The normalized spacial score (nSPS) is 10.5. The Kier molecular flexibility index (Phi) is 6.09. The molecule has 0 aliphatic carbocycles. The Morgan fingerprint density at radius 3 is 2.91 bits per heavy atom. The van der Waals surface area contributed by atoms with Crippen LogP contribution in [-0.2, 0) is 11.2 Å². The van der Waals surface area contributed by atoms with Crippen molar-refractivity contribution in [2.45, 2.75) is 26.7 Å². The van der Waals surface area contributed by atoms with Gasteiger partial charge in [0.25, 0.3) is 0 Å². The van der Waals surface area contributed by atoms with Crippen molar-refractivity contribution in [2.24, 2.45) is 0 Å². The molecule has 0 saturated heterocycles. The van der Waals surface area contributed by atoms with Crippen molar-refractivity contribution >= 4 is 17.5 Å². The highest BCUT2D eigenvalue weighted by molar-refractivity contribution is 5.64. The van der Waals surface area contributed by atoms with Crippen molar-refractivity contribution in [1.82, 2.24) is 15.2 Å². The van der Waals surface area contributed by atoms with Gasteiger partial charge in [-0.15, -0.1) is 5.10 Å². The average Bonchev–Trinajstić information content (AvgIpc) is 2.54. The van der Waals surface area contributed by atoms with Gasteiger partial charge in [0.1, 0.15) is 0 Å². The van der Waals surface area contributed by atoms with E-state index in [1.807, 2.05) is 0 Å². The third-order valence-corrected chi connectivity index (χ3v) is 3.36. The highest BCUT2D eigenvalue weighted by atomic mass is 16.5. The van der Waals surface area contributed by atoms with E-state index in [-0.39, 0.29) is 0 Å². The topological polar surface area (TPSA) is 72.0 Å². The lowest BCUT2D eigenvalue weighted by atomic mass is 10.1. The summed E-state index contributed by atoms with van der Waals surface area (Å²) in [6, 6.07) is 6.27. The fourth-order valence-corrected chi connectivity index (χ4v) is 2.19. The summed E-state index contributed by atoms with van der Waals surface area (Å²) < 4.78 is 5.01. The fourth-order valence-electron chi connectivity index (χ4n) is 2.19. The molecule has 1 aromatic heterocycles. The third-order valence-electron chi connectivity index (χ3n) is 3.36. The Labute approximate surface area is 131 Å². The first-order valence-corrected chi connectivity index (χ1v) is 7.52. The molecule has 22 heavy (non-hydrogen) atoms. The number of benzene rings is 1. The predicted octanol–water partition coefficient (Wildman–Crippen LogP) is 2.93. The molecule has 0 aliphatic rings. The Morgan fingerprint density at radius 1 is 1.27 bits per heavy atom. The number of rotatable bonds is 8. The van der Waals surface area contributed by atoms with Crippen molar-refractivity contribution in [3.63, 3.8) is 0 Å². The van der Waals surface area contributed by atoms with E-state index in [0.29, 0.717) is 18.4 Å². The van der Waals surface area contributed by atoms with Gasteiger partial charge < -0.3 is 15.4 Å². The van der Waals surface area contributed by atoms with E-state index in [1.54, 1.807) is 13.3 Å². The number of nitrogens with zero attached hydrogens (tertiary/aromatic N) is 3.